The number of ether oxygens (including phenoxy) is 2. The monoisotopic (exact) mass is 505 g/mol. The van der Waals surface area contributed by atoms with Gasteiger partial charge in [-0.1, -0.05) is 6.07 Å². The first-order valence-corrected chi connectivity index (χ1v) is 9.38. The summed E-state index contributed by atoms with van der Waals surface area (Å²) in [4.78, 5) is 14.4. The van der Waals surface area contributed by atoms with E-state index in [0.29, 0.717) is 25.6 Å². The van der Waals surface area contributed by atoms with E-state index < -0.39 is 0 Å². The third kappa shape index (κ3) is 8.39. The molecule has 2 rings (SSSR count). The summed E-state index contributed by atoms with van der Waals surface area (Å²) < 4.78 is 10.4. The number of aryl methyl sites for hydroxylation is 2. The number of nitrogens with zero attached hydrogens (tertiary/aromatic N) is 3. The van der Waals surface area contributed by atoms with Crippen LogP contribution in [0.1, 0.15) is 21.1 Å². The lowest BCUT2D eigenvalue weighted by Crippen LogP contribution is -2.37. The third-order valence-electron chi connectivity index (χ3n) is 3.72. The Hall–Kier alpha value is -1.46. The second-order valence-corrected chi connectivity index (χ2v) is 6.99. The Morgan fingerprint density at radius 2 is 2.04 bits per heavy atom. The molecule has 0 fully saturated rings. The molecular weight excluding hydrogens is 477 g/mol. The molecule has 150 valence electrons. The number of guanidine groups is 1. The zero-order chi connectivity index (χ0) is 18.8. The van der Waals surface area contributed by atoms with E-state index in [4.69, 9.17) is 9.47 Å². The molecule has 0 atom stereocenters. The second-order valence-electron chi connectivity index (χ2n) is 5.70. The van der Waals surface area contributed by atoms with Crippen molar-refractivity contribution in [2.45, 2.75) is 26.8 Å². The molecule has 0 aliphatic rings. The van der Waals surface area contributed by atoms with E-state index in [9.17, 15) is 0 Å². The highest BCUT2D eigenvalue weighted by Crippen LogP contribution is 2.16. The predicted molar refractivity (Wildman–Crippen MR) is 121 cm³/mol. The number of rotatable bonds is 9. The first-order chi connectivity index (χ1) is 12.6. The number of hydrogen-bond acceptors (Lipinski definition) is 6. The summed E-state index contributed by atoms with van der Waals surface area (Å²) in [5, 5.41) is 7.74. The molecule has 0 radical (unpaired) electrons. The van der Waals surface area contributed by atoms with Gasteiger partial charge in [-0.15, -0.1) is 35.3 Å². The van der Waals surface area contributed by atoms with Gasteiger partial charge < -0.3 is 20.1 Å². The molecular formula is C18H28IN5O2S. The highest BCUT2D eigenvalue weighted by molar-refractivity contribution is 14.0. The predicted octanol–water partition coefficient (Wildman–Crippen LogP) is 2.71. The summed E-state index contributed by atoms with van der Waals surface area (Å²) in [5.74, 6) is 1.36. The number of nitrogens with one attached hydrogen (secondary N) is 2. The minimum atomic E-state index is 0. The smallest absolute Gasteiger partial charge is 0.213 e. The summed E-state index contributed by atoms with van der Waals surface area (Å²) in [6.45, 7) is 6.62. The van der Waals surface area contributed by atoms with Crippen LogP contribution in [0.25, 0.3) is 0 Å². The maximum Gasteiger partial charge on any atom is 0.213 e. The molecule has 0 spiro atoms. The van der Waals surface area contributed by atoms with Crippen LogP contribution in [0.3, 0.4) is 0 Å². The Labute approximate surface area is 182 Å². The molecule has 2 aromatic heterocycles. The highest BCUT2D eigenvalue weighted by Gasteiger charge is 2.04. The minimum Gasteiger partial charge on any atom is -0.475 e. The van der Waals surface area contributed by atoms with E-state index in [-0.39, 0.29) is 24.0 Å². The van der Waals surface area contributed by atoms with Gasteiger partial charge in [-0.05, 0) is 19.4 Å². The highest BCUT2D eigenvalue weighted by atomic mass is 127. The largest absolute Gasteiger partial charge is 0.475 e. The number of hydrogen-bond donors (Lipinski definition) is 2. The quantitative estimate of drug-likeness (QED) is 0.236. The van der Waals surface area contributed by atoms with Crippen molar-refractivity contribution in [1.82, 2.24) is 20.6 Å². The Balaban J connectivity index is 0.00000364. The number of pyridine rings is 1. The molecule has 0 aromatic carbocycles. The van der Waals surface area contributed by atoms with Gasteiger partial charge in [0.15, 0.2) is 5.96 Å². The van der Waals surface area contributed by atoms with Crippen LogP contribution in [-0.4, -0.2) is 49.8 Å². The Morgan fingerprint density at radius 3 is 2.63 bits per heavy atom. The lowest BCUT2D eigenvalue weighted by Gasteiger charge is -2.11. The van der Waals surface area contributed by atoms with Gasteiger partial charge in [-0.3, -0.25) is 4.99 Å². The zero-order valence-electron chi connectivity index (χ0n) is 16.2. The van der Waals surface area contributed by atoms with Crippen LogP contribution in [0.15, 0.2) is 23.3 Å². The zero-order valence-corrected chi connectivity index (χ0v) is 19.4. The molecule has 2 aromatic rings. The van der Waals surface area contributed by atoms with Crippen LogP contribution in [0.2, 0.25) is 0 Å². The lowest BCUT2D eigenvalue weighted by molar-refractivity contribution is 0.143. The fourth-order valence-electron chi connectivity index (χ4n) is 2.17. The average molecular weight is 505 g/mol. The third-order valence-corrected chi connectivity index (χ3v) is 4.86. The van der Waals surface area contributed by atoms with E-state index in [1.54, 1.807) is 31.7 Å². The molecule has 0 amide bonds. The molecule has 0 bridgehead atoms. The van der Waals surface area contributed by atoms with Gasteiger partial charge in [0.1, 0.15) is 6.61 Å². The molecule has 0 unspecified atom stereocenters. The number of methoxy groups -OCH3 is 1. The van der Waals surface area contributed by atoms with Crippen LogP contribution < -0.4 is 15.4 Å². The second kappa shape index (κ2) is 12.8. The van der Waals surface area contributed by atoms with Crippen LogP contribution in [-0.2, 0) is 17.7 Å². The van der Waals surface area contributed by atoms with Gasteiger partial charge in [0, 0.05) is 50.8 Å². The van der Waals surface area contributed by atoms with Crippen molar-refractivity contribution in [3.63, 3.8) is 0 Å². The number of aromatic nitrogens is 2. The minimum absolute atomic E-state index is 0. The van der Waals surface area contributed by atoms with Gasteiger partial charge in [-0.25, -0.2) is 9.97 Å². The maximum absolute atomic E-state index is 5.46. The summed E-state index contributed by atoms with van der Waals surface area (Å²) in [6.07, 6.45) is 2.68. The standard InChI is InChI=1S/C18H27N5O2S.HI/c1-13-14(2)26-17(23-13)7-8-20-18(19-3)22-12-15-5-6-16(21-11-15)25-10-9-24-4;/h5-6,11H,7-10,12H2,1-4H3,(H2,19,20,22);1H. The van der Waals surface area contributed by atoms with E-state index in [1.165, 1.54) is 4.88 Å². The Kier molecular flexibility index (Phi) is 11.2. The number of halogens is 1. The summed E-state index contributed by atoms with van der Waals surface area (Å²) >= 11 is 1.75. The van der Waals surface area contributed by atoms with Gasteiger partial charge in [0.2, 0.25) is 5.88 Å². The molecule has 0 aliphatic carbocycles. The molecule has 7 nitrogen and oxygen atoms in total. The average Bonchev–Trinajstić information content (AvgIpc) is 2.97. The lowest BCUT2D eigenvalue weighted by atomic mass is 10.3. The molecule has 9 heteroatoms. The summed E-state index contributed by atoms with van der Waals surface area (Å²) in [5.41, 5.74) is 2.17. The fourth-order valence-corrected chi connectivity index (χ4v) is 3.10. The topological polar surface area (TPSA) is 80.7 Å². The first-order valence-electron chi connectivity index (χ1n) is 8.56. The maximum atomic E-state index is 5.46. The van der Waals surface area contributed by atoms with Gasteiger partial charge >= 0.3 is 0 Å². The SMILES string of the molecule is CN=C(NCCc1nc(C)c(C)s1)NCc1ccc(OCCOC)nc1.I. The van der Waals surface area contributed by atoms with Crippen molar-refractivity contribution < 1.29 is 9.47 Å². The van der Waals surface area contributed by atoms with Crippen molar-refractivity contribution in [1.29, 1.82) is 0 Å². The first kappa shape index (κ1) is 23.6. The van der Waals surface area contributed by atoms with Gasteiger partial charge in [0.05, 0.1) is 17.3 Å². The number of aliphatic imine (C=N–C) groups is 1. The Bertz CT molecular complexity index is 687. The number of thiazole rings is 1. The molecule has 0 saturated heterocycles. The van der Waals surface area contributed by atoms with E-state index >= 15 is 0 Å². The van der Waals surface area contributed by atoms with Crippen molar-refractivity contribution in [2.75, 3.05) is 33.9 Å². The van der Waals surface area contributed by atoms with E-state index in [0.717, 1.165) is 35.2 Å². The van der Waals surface area contributed by atoms with E-state index in [2.05, 4.69) is 32.5 Å². The van der Waals surface area contributed by atoms with Crippen molar-refractivity contribution >= 4 is 41.3 Å². The molecule has 0 aliphatic heterocycles. The van der Waals surface area contributed by atoms with Crippen molar-refractivity contribution in [2.24, 2.45) is 4.99 Å². The fraction of sp³-hybridized carbons (Fsp3) is 0.500. The summed E-state index contributed by atoms with van der Waals surface area (Å²) in [7, 11) is 3.41. The normalized spacial score (nSPS) is 11.0. The van der Waals surface area contributed by atoms with Crippen LogP contribution in [0.5, 0.6) is 5.88 Å². The van der Waals surface area contributed by atoms with E-state index in [1.807, 2.05) is 19.1 Å². The van der Waals surface area contributed by atoms with Gasteiger partial charge in [-0.2, -0.15) is 0 Å². The molecule has 0 saturated carbocycles. The molecule has 2 heterocycles. The van der Waals surface area contributed by atoms with Gasteiger partial charge in [0.25, 0.3) is 0 Å². The van der Waals surface area contributed by atoms with Crippen molar-refractivity contribution in [3.05, 3.63) is 39.5 Å². The summed E-state index contributed by atoms with van der Waals surface area (Å²) in [6, 6.07) is 3.84. The Morgan fingerprint density at radius 1 is 1.22 bits per heavy atom. The van der Waals surface area contributed by atoms with Crippen molar-refractivity contribution in [3.8, 4) is 5.88 Å². The molecule has 27 heavy (non-hydrogen) atoms. The van der Waals surface area contributed by atoms with Crippen LogP contribution in [0, 0.1) is 13.8 Å². The van der Waals surface area contributed by atoms with Crippen LogP contribution in [0.4, 0.5) is 0 Å². The molecule has 2 N–H and O–H groups in total. The van der Waals surface area contributed by atoms with Crippen LogP contribution >= 0.6 is 35.3 Å².